The second-order valence-corrected chi connectivity index (χ2v) is 10.7. The summed E-state index contributed by atoms with van der Waals surface area (Å²) in [5.74, 6) is 1.07. The molecule has 0 saturated carbocycles. The largest absolute Gasteiger partial charge is 0.455 e. The van der Waals surface area contributed by atoms with E-state index in [9.17, 15) is 4.79 Å². The molecule has 0 aliphatic carbocycles. The lowest BCUT2D eigenvalue weighted by molar-refractivity contribution is -0.129. The number of rotatable bonds is 6. The first kappa shape index (κ1) is 26.1. The average molecular weight is 586 g/mol. The molecule has 42 heavy (non-hydrogen) atoms. The predicted molar refractivity (Wildman–Crippen MR) is 156 cm³/mol. The molecule has 7 heterocycles. The number of hydrogen-bond donors (Lipinski definition) is 1. The Hall–Kier alpha value is -4.84. The van der Waals surface area contributed by atoms with Gasteiger partial charge in [-0.2, -0.15) is 5.10 Å². The molecule has 4 aromatic heterocycles. The van der Waals surface area contributed by atoms with Gasteiger partial charge in [0, 0.05) is 43.5 Å². The van der Waals surface area contributed by atoms with Crippen LogP contribution >= 0.6 is 11.6 Å². The van der Waals surface area contributed by atoms with E-state index in [0.29, 0.717) is 41.3 Å². The van der Waals surface area contributed by atoms with Crippen molar-refractivity contribution >= 4 is 51.5 Å². The van der Waals surface area contributed by atoms with Crippen LogP contribution in [0.2, 0.25) is 5.02 Å². The van der Waals surface area contributed by atoms with Crippen molar-refractivity contribution in [3.05, 3.63) is 78.7 Å². The fourth-order valence-corrected chi connectivity index (χ4v) is 5.90. The van der Waals surface area contributed by atoms with Crippen LogP contribution in [0.1, 0.15) is 19.3 Å². The van der Waals surface area contributed by atoms with E-state index >= 15 is 4.39 Å². The summed E-state index contributed by atoms with van der Waals surface area (Å²) in [5, 5.41) is 7.29. The van der Waals surface area contributed by atoms with Gasteiger partial charge < -0.3 is 19.9 Å². The Morgan fingerprint density at radius 2 is 1.98 bits per heavy atom. The molecule has 11 nitrogen and oxygen atoms in total. The molecular weight excluding hydrogens is 561 g/mol. The zero-order valence-corrected chi connectivity index (χ0v) is 23.1. The van der Waals surface area contributed by atoms with Crippen LogP contribution in [0.3, 0.4) is 0 Å². The SMILES string of the molecule is C=CC(=O)N1CC2CCCC1CN2c1ccc2ncnc(Nc3cc(Cl)c(Oc4ccn5ncnc5c4)cc3F)c2n1. The molecule has 1 N–H and O–H groups in total. The van der Waals surface area contributed by atoms with Gasteiger partial charge in [-0.1, -0.05) is 18.2 Å². The Labute approximate surface area is 244 Å². The standard InChI is InChI=1S/C29H25ClFN9O2/c1-2-27(41)39-14-17-4-3-5-18(39)13-38(17)25-7-6-22-28(37-25)29(34-15-32-22)36-23-11-20(30)24(12-21(23)31)42-19-8-9-40-26(10-19)33-16-35-40/h2,6-12,15-18H,1,3-5,13-14H2,(H,32,34,36). The van der Waals surface area contributed by atoms with Crippen molar-refractivity contribution in [2.45, 2.75) is 31.3 Å². The fraction of sp³-hybridized carbons (Fsp3) is 0.241. The van der Waals surface area contributed by atoms with Crippen LogP contribution in [0.5, 0.6) is 11.5 Å². The van der Waals surface area contributed by atoms with E-state index in [1.54, 1.807) is 22.8 Å². The highest BCUT2D eigenvalue weighted by Crippen LogP contribution is 2.36. The third kappa shape index (κ3) is 4.73. The van der Waals surface area contributed by atoms with Crippen LogP contribution in [-0.4, -0.2) is 65.5 Å². The molecule has 8 rings (SSSR count). The van der Waals surface area contributed by atoms with Crippen LogP contribution in [0.15, 0.2) is 67.9 Å². The van der Waals surface area contributed by atoms with Crippen molar-refractivity contribution in [1.29, 1.82) is 0 Å². The number of fused-ring (bicyclic) bond motifs is 6. The highest BCUT2D eigenvalue weighted by molar-refractivity contribution is 6.32. The zero-order chi connectivity index (χ0) is 28.8. The summed E-state index contributed by atoms with van der Waals surface area (Å²) < 4.78 is 22.8. The number of amides is 1. The highest BCUT2D eigenvalue weighted by atomic mass is 35.5. The molecule has 1 aromatic carbocycles. The summed E-state index contributed by atoms with van der Waals surface area (Å²) >= 11 is 6.50. The van der Waals surface area contributed by atoms with E-state index in [1.807, 2.05) is 17.0 Å². The van der Waals surface area contributed by atoms with Gasteiger partial charge in [-0.25, -0.2) is 28.8 Å². The lowest BCUT2D eigenvalue weighted by Gasteiger charge is -2.44. The van der Waals surface area contributed by atoms with Gasteiger partial charge in [-0.3, -0.25) is 4.79 Å². The van der Waals surface area contributed by atoms with E-state index in [2.05, 4.69) is 36.8 Å². The minimum absolute atomic E-state index is 0.0357. The quantitative estimate of drug-likeness (QED) is 0.270. The number of carbonyl (C=O) groups is 1. The van der Waals surface area contributed by atoms with Crippen LogP contribution in [0, 0.1) is 5.82 Å². The number of nitrogens with zero attached hydrogens (tertiary/aromatic N) is 8. The van der Waals surface area contributed by atoms with Gasteiger partial charge in [0.05, 0.1) is 16.2 Å². The normalized spacial score (nSPS) is 18.3. The molecule has 13 heteroatoms. The molecule has 0 radical (unpaired) electrons. The van der Waals surface area contributed by atoms with E-state index < -0.39 is 5.82 Å². The van der Waals surface area contributed by atoms with E-state index in [4.69, 9.17) is 21.3 Å². The van der Waals surface area contributed by atoms with Crippen molar-refractivity contribution in [3.8, 4) is 11.5 Å². The van der Waals surface area contributed by atoms with Crippen LogP contribution in [0.25, 0.3) is 16.7 Å². The summed E-state index contributed by atoms with van der Waals surface area (Å²) in [7, 11) is 0. The maximum atomic E-state index is 15.3. The third-order valence-electron chi connectivity index (χ3n) is 7.74. The summed E-state index contributed by atoms with van der Waals surface area (Å²) in [5.41, 5.74) is 1.79. The molecule has 0 spiro atoms. The van der Waals surface area contributed by atoms with Gasteiger partial charge in [0.25, 0.3) is 0 Å². The number of halogens is 2. The van der Waals surface area contributed by atoms with Crippen molar-refractivity contribution in [2.24, 2.45) is 0 Å². The minimum atomic E-state index is -0.585. The molecular formula is C29H25ClFN9O2. The Bertz CT molecular complexity index is 1850. The molecule has 2 atom stereocenters. The van der Waals surface area contributed by atoms with Gasteiger partial charge in [-0.15, -0.1) is 0 Å². The van der Waals surface area contributed by atoms with Gasteiger partial charge in [0.15, 0.2) is 11.5 Å². The fourth-order valence-electron chi connectivity index (χ4n) is 5.70. The Balaban J connectivity index is 1.16. The number of carbonyl (C=O) groups excluding carboxylic acids is 1. The molecule has 5 aromatic rings. The van der Waals surface area contributed by atoms with Crippen LogP contribution in [-0.2, 0) is 4.79 Å². The maximum Gasteiger partial charge on any atom is 0.246 e. The van der Waals surface area contributed by atoms with Gasteiger partial charge in [-0.05, 0) is 49.6 Å². The van der Waals surface area contributed by atoms with Crippen molar-refractivity contribution < 1.29 is 13.9 Å². The summed E-state index contributed by atoms with van der Waals surface area (Å²) in [6, 6.07) is 10.0. The minimum Gasteiger partial charge on any atom is -0.455 e. The average Bonchev–Trinajstić information content (AvgIpc) is 3.25. The predicted octanol–water partition coefficient (Wildman–Crippen LogP) is 5.15. The molecule has 3 aliphatic rings. The van der Waals surface area contributed by atoms with Gasteiger partial charge >= 0.3 is 0 Å². The Morgan fingerprint density at radius 1 is 1.10 bits per heavy atom. The van der Waals surface area contributed by atoms with Crippen molar-refractivity contribution in [1.82, 2.24) is 34.4 Å². The second kappa shape index (κ2) is 10.5. The molecule has 3 fully saturated rings. The number of anilines is 3. The van der Waals surface area contributed by atoms with Crippen molar-refractivity contribution in [2.75, 3.05) is 23.3 Å². The summed E-state index contributed by atoms with van der Waals surface area (Å²) in [4.78, 5) is 34.4. The van der Waals surface area contributed by atoms with E-state index in [-0.39, 0.29) is 34.5 Å². The number of hydrogen-bond acceptors (Lipinski definition) is 9. The third-order valence-corrected chi connectivity index (χ3v) is 8.04. The maximum absolute atomic E-state index is 15.3. The van der Waals surface area contributed by atoms with Crippen LogP contribution in [0.4, 0.5) is 21.7 Å². The number of piperazine rings is 1. The lowest BCUT2D eigenvalue weighted by atomic mass is 10.1. The number of aromatic nitrogens is 6. The second-order valence-electron chi connectivity index (χ2n) is 10.3. The number of nitrogens with one attached hydrogen (secondary N) is 1. The highest BCUT2D eigenvalue weighted by Gasteiger charge is 2.38. The molecule has 1 amide bonds. The number of ether oxygens (including phenoxy) is 1. The molecule has 2 bridgehead atoms. The van der Waals surface area contributed by atoms with Crippen LogP contribution < -0.4 is 15.0 Å². The first-order valence-corrected chi connectivity index (χ1v) is 13.9. The van der Waals surface area contributed by atoms with Gasteiger partial charge in [0.1, 0.15) is 41.3 Å². The number of pyridine rings is 2. The number of benzene rings is 1. The molecule has 3 saturated heterocycles. The topological polar surface area (TPSA) is 114 Å². The monoisotopic (exact) mass is 585 g/mol. The lowest BCUT2D eigenvalue weighted by Crippen LogP contribution is -2.58. The summed E-state index contributed by atoms with van der Waals surface area (Å²) in [6.07, 6.45) is 8.83. The van der Waals surface area contributed by atoms with E-state index in [1.165, 1.54) is 30.9 Å². The Morgan fingerprint density at radius 3 is 2.86 bits per heavy atom. The molecule has 212 valence electrons. The first-order chi connectivity index (χ1) is 20.5. The first-order valence-electron chi connectivity index (χ1n) is 13.5. The molecule has 2 unspecified atom stereocenters. The summed E-state index contributed by atoms with van der Waals surface area (Å²) in [6.45, 7) is 4.96. The van der Waals surface area contributed by atoms with E-state index in [0.717, 1.165) is 25.1 Å². The zero-order valence-electron chi connectivity index (χ0n) is 22.3. The Kier molecular flexibility index (Phi) is 6.54. The smallest absolute Gasteiger partial charge is 0.246 e. The van der Waals surface area contributed by atoms with Crippen molar-refractivity contribution in [3.63, 3.8) is 0 Å². The van der Waals surface area contributed by atoms with Gasteiger partial charge in [0.2, 0.25) is 5.91 Å². The molecule has 3 aliphatic heterocycles.